The Morgan fingerprint density at radius 2 is 2.00 bits per heavy atom. The van der Waals surface area contributed by atoms with E-state index in [2.05, 4.69) is 24.6 Å². The van der Waals surface area contributed by atoms with Crippen LogP contribution < -0.4 is 0 Å². The van der Waals surface area contributed by atoms with Crippen molar-refractivity contribution in [2.45, 2.75) is 58.3 Å². The number of fused-ring (bicyclic) bond motifs is 1. The molecule has 0 aliphatic heterocycles. The number of aryl methyl sites for hydroxylation is 2. The van der Waals surface area contributed by atoms with Crippen molar-refractivity contribution < 1.29 is 0 Å². The third-order valence-corrected chi connectivity index (χ3v) is 3.69. The summed E-state index contributed by atoms with van der Waals surface area (Å²) in [5.41, 5.74) is 4.82. The predicted octanol–water partition coefficient (Wildman–Crippen LogP) is 3.64. The normalized spacial score (nSPS) is 16.1. The fourth-order valence-corrected chi connectivity index (χ4v) is 2.70. The lowest BCUT2D eigenvalue weighted by Gasteiger charge is -2.06. The molecule has 1 heterocycles. The molecule has 1 nitrogen and oxygen atoms in total. The van der Waals surface area contributed by atoms with E-state index in [-0.39, 0.29) is 0 Å². The smallest absolute Gasteiger partial charge is 0.0206 e. The molecule has 0 fully saturated rings. The van der Waals surface area contributed by atoms with Gasteiger partial charge in [0.05, 0.1) is 0 Å². The molecule has 0 spiro atoms. The molecule has 1 aliphatic carbocycles. The summed E-state index contributed by atoms with van der Waals surface area (Å²) >= 11 is 0. The molecule has 84 valence electrons. The van der Waals surface area contributed by atoms with Crippen LogP contribution in [0.3, 0.4) is 0 Å². The Hall–Kier alpha value is -0.720. The van der Waals surface area contributed by atoms with E-state index in [1.165, 1.54) is 51.4 Å². The third kappa shape index (κ3) is 2.27. The Labute approximate surface area is 93.5 Å². The number of nitrogens with zero attached hydrogens (tertiary/aromatic N) is 1. The minimum absolute atomic E-state index is 1.26. The van der Waals surface area contributed by atoms with Gasteiger partial charge in [-0.25, -0.2) is 0 Å². The van der Waals surface area contributed by atoms with Gasteiger partial charge in [0.1, 0.15) is 0 Å². The number of unbranched alkanes of at least 4 members (excludes halogenated alkanes) is 1. The molecule has 0 unspecified atom stereocenters. The van der Waals surface area contributed by atoms with Crippen LogP contribution in [0.1, 0.15) is 56.0 Å². The van der Waals surface area contributed by atoms with Crippen LogP contribution in [0.25, 0.3) is 0 Å². The van der Waals surface area contributed by atoms with Crippen molar-refractivity contribution >= 4 is 0 Å². The number of rotatable bonds is 3. The molecule has 1 aromatic heterocycles. The standard InChI is InChI=1S/C14H23N/c1-3-4-9-13-11-12-8-6-5-7-10-14(12)15(13)2/h11H,3-10H2,1-2H3. The van der Waals surface area contributed by atoms with Gasteiger partial charge in [0.25, 0.3) is 0 Å². The average molecular weight is 205 g/mol. The molecular weight excluding hydrogens is 182 g/mol. The molecular formula is C14H23N. The summed E-state index contributed by atoms with van der Waals surface area (Å²) in [4.78, 5) is 0. The van der Waals surface area contributed by atoms with E-state index in [0.717, 1.165) is 0 Å². The first-order valence-corrected chi connectivity index (χ1v) is 6.49. The molecule has 0 saturated heterocycles. The molecule has 0 radical (unpaired) electrons. The zero-order chi connectivity index (χ0) is 10.7. The Bertz CT molecular complexity index is 322. The van der Waals surface area contributed by atoms with Gasteiger partial charge in [-0.2, -0.15) is 0 Å². The van der Waals surface area contributed by atoms with Crippen LogP contribution in [-0.4, -0.2) is 4.57 Å². The minimum Gasteiger partial charge on any atom is -0.351 e. The summed E-state index contributed by atoms with van der Waals surface area (Å²) in [6.07, 6.45) is 10.7. The van der Waals surface area contributed by atoms with Crippen molar-refractivity contribution in [3.8, 4) is 0 Å². The lowest BCUT2D eigenvalue weighted by Crippen LogP contribution is -2.01. The monoisotopic (exact) mass is 205 g/mol. The molecule has 2 rings (SSSR count). The van der Waals surface area contributed by atoms with Crippen LogP contribution in [0.15, 0.2) is 6.07 Å². The number of hydrogen-bond acceptors (Lipinski definition) is 0. The highest BCUT2D eigenvalue weighted by Crippen LogP contribution is 2.24. The second-order valence-electron chi connectivity index (χ2n) is 4.83. The average Bonchev–Trinajstić information content (AvgIpc) is 2.44. The highest BCUT2D eigenvalue weighted by atomic mass is 15.0. The minimum atomic E-state index is 1.26. The lowest BCUT2D eigenvalue weighted by molar-refractivity contribution is 0.672. The van der Waals surface area contributed by atoms with Crippen LogP contribution >= 0.6 is 0 Å². The molecule has 0 bridgehead atoms. The molecule has 1 aliphatic rings. The Morgan fingerprint density at radius 1 is 1.20 bits per heavy atom. The van der Waals surface area contributed by atoms with Crippen molar-refractivity contribution in [3.05, 3.63) is 23.0 Å². The maximum Gasteiger partial charge on any atom is 0.0206 e. The fraction of sp³-hybridized carbons (Fsp3) is 0.714. The number of aromatic nitrogens is 1. The topological polar surface area (TPSA) is 4.93 Å². The van der Waals surface area contributed by atoms with Gasteiger partial charge in [-0.15, -0.1) is 0 Å². The van der Waals surface area contributed by atoms with Crippen LogP contribution in [0.5, 0.6) is 0 Å². The maximum atomic E-state index is 2.47. The molecule has 15 heavy (non-hydrogen) atoms. The molecule has 0 amide bonds. The zero-order valence-corrected chi connectivity index (χ0v) is 10.2. The summed E-state index contributed by atoms with van der Waals surface area (Å²) < 4.78 is 2.47. The first-order chi connectivity index (χ1) is 7.33. The van der Waals surface area contributed by atoms with Gasteiger partial charge in [0.2, 0.25) is 0 Å². The van der Waals surface area contributed by atoms with Gasteiger partial charge in [-0.05, 0) is 50.2 Å². The molecule has 1 heteroatoms. The lowest BCUT2D eigenvalue weighted by atomic mass is 10.1. The third-order valence-electron chi connectivity index (χ3n) is 3.69. The van der Waals surface area contributed by atoms with E-state index in [1.54, 1.807) is 17.0 Å². The second-order valence-corrected chi connectivity index (χ2v) is 4.83. The largest absolute Gasteiger partial charge is 0.351 e. The molecule has 1 aromatic rings. The summed E-state index contributed by atoms with van der Waals surface area (Å²) in [6, 6.07) is 2.47. The van der Waals surface area contributed by atoms with E-state index in [9.17, 15) is 0 Å². The first kappa shape index (κ1) is 10.8. The van der Waals surface area contributed by atoms with Crippen LogP contribution in [0.2, 0.25) is 0 Å². The van der Waals surface area contributed by atoms with Gasteiger partial charge in [0, 0.05) is 18.4 Å². The Morgan fingerprint density at radius 3 is 2.80 bits per heavy atom. The number of hydrogen-bond donors (Lipinski definition) is 0. The summed E-state index contributed by atoms with van der Waals surface area (Å²) in [6.45, 7) is 2.27. The molecule has 0 saturated carbocycles. The van der Waals surface area contributed by atoms with Crippen molar-refractivity contribution in [1.82, 2.24) is 4.57 Å². The van der Waals surface area contributed by atoms with Crippen molar-refractivity contribution in [1.29, 1.82) is 0 Å². The molecule has 0 N–H and O–H groups in total. The summed E-state index contributed by atoms with van der Waals surface area (Å²) in [5, 5.41) is 0. The van der Waals surface area contributed by atoms with Gasteiger partial charge in [-0.1, -0.05) is 19.8 Å². The highest BCUT2D eigenvalue weighted by molar-refractivity contribution is 5.29. The predicted molar refractivity (Wildman–Crippen MR) is 65.3 cm³/mol. The highest BCUT2D eigenvalue weighted by Gasteiger charge is 2.14. The maximum absolute atomic E-state index is 2.47. The second kappa shape index (κ2) is 4.87. The van der Waals surface area contributed by atoms with Crippen LogP contribution in [0.4, 0.5) is 0 Å². The van der Waals surface area contributed by atoms with Gasteiger partial charge in [0.15, 0.2) is 0 Å². The first-order valence-electron chi connectivity index (χ1n) is 6.49. The fourth-order valence-electron chi connectivity index (χ4n) is 2.70. The quantitative estimate of drug-likeness (QED) is 0.664. The summed E-state index contributed by atoms with van der Waals surface area (Å²) in [7, 11) is 2.26. The van der Waals surface area contributed by atoms with Gasteiger partial charge < -0.3 is 4.57 Å². The van der Waals surface area contributed by atoms with E-state index < -0.39 is 0 Å². The molecule has 0 aromatic carbocycles. The van der Waals surface area contributed by atoms with Crippen molar-refractivity contribution in [2.75, 3.05) is 0 Å². The SMILES string of the molecule is CCCCc1cc2c(n1C)CCCCC2. The zero-order valence-electron chi connectivity index (χ0n) is 10.2. The summed E-state index contributed by atoms with van der Waals surface area (Å²) in [5.74, 6) is 0. The Kier molecular flexibility index (Phi) is 3.50. The van der Waals surface area contributed by atoms with Gasteiger partial charge in [-0.3, -0.25) is 0 Å². The van der Waals surface area contributed by atoms with Crippen LogP contribution in [-0.2, 0) is 26.3 Å². The van der Waals surface area contributed by atoms with E-state index in [0.29, 0.717) is 0 Å². The van der Waals surface area contributed by atoms with Crippen molar-refractivity contribution in [2.24, 2.45) is 7.05 Å². The van der Waals surface area contributed by atoms with E-state index in [4.69, 9.17) is 0 Å². The van der Waals surface area contributed by atoms with E-state index >= 15 is 0 Å². The Balaban J connectivity index is 2.19. The molecule has 0 atom stereocenters. The van der Waals surface area contributed by atoms with Crippen molar-refractivity contribution in [3.63, 3.8) is 0 Å². The van der Waals surface area contributed by atoms with Crippen LogP contribution in [0, 0.1) is 0 Å². The van der Waals surface area contributed by atoms with E-state index in [1.807, 2.05) is 0 Å². The van der Waals surface area contributed by atoms with Gasteiger partial charge >= 0.3 is 0 Å².